The molecule has 3 heteroatoms. The smallest absolute Gasteiger partial charge is 0.0573 e. The average Bonchev–Trinajstić information content (AvgIpc) is 2.66. The number of alkyl halides is 2. The second-order valence-corrected chi connectivity index (χ2v) is 5.19. The average molecular weight is 286 g/mol. The molecule has 0 amide bonds. The predicted molar refractivity (Wildman–Crippen MR) is 54.5 cm³/mol. The van der Waals surface area contributed by atoms with Gasteiger partial charge in [-0.1, -0.05) is 38.3 Å². The highest BCUT2D eigenvalue weighted by Gasteiger charge is 2.33. The van der Waals surface area contributed by atoms with Crippen molar-refractivity contribution in [1.29, 1.82) is 0 Å². The summed E-state index contributed by atoms with van der Waals surface area (Å²) in [6, 6.07) is 0. The Morgan fingerprint density at radius 3 is 2.64 bits per heavy atom. The number of aliphatic hydroxyl groups is 1. The highest BCUT2D eigenvalue weighted by atomic mass is 79.9. The van der Waals surface area contributed by atoms with Crippen LogP contribution >= 0.6 is 31.9 Å². The third kappa shape index (κ3) is 3.90. The summed E-state index contributed by atoms with van der Waals surface area (Å²) in [6.07, 6.45) is 4.74. The summed E-state index contributed by atoms with van der Waals surface area (Å²) in [5, 5.41) is 10.1. The largest absolute Gasteiger partial charge is 0.393 e. The Bertz CT molecular complexity index is 115. The summed E-state index contributed by atoms with van der Waals surface area (Å²) in [4.78, 5) is 0.610. The van der Waals surface area contributed by atoms with Gasteiger partial charge in [0.05, 0.1) is 6.10 Å². The molecule has 0 heterocycles. The molecule has 1 N–H and O–H groups in total. The van der Waals surface area contributed by atoms with Gasteiger partial charge in [0.15, 0.2) is 0 Å². The minimum Gasteiger partial charge on any atom is -0.393 e. The third-order valence-electron chi connectivity index (χ3n) is 2.14. The lowest BCUT2D eigenvalue weighted by molar-refractivity contribution is 0.255. The fraction of sp³-hybridized carbons (Fsp3) is 1.00. The van der Waals surface area contributed by atoms with E-state index in [-0.39, 0.29) is 6.10 Å². The molecule has 0 unspecified atom stereocenters. The Labute approximate surface area is 84.8 Å². The fourth-order valence-electron chi connectivity index (χ4n) is 1.22. The normalized spacial score (nSPS) is 31.9. The molecule has 1 aliphatic rings. The molecular weight excluding hydrogens is 272 g/mol. The van der Waals surface area contributed by atoms with Gasteiger partial charge in [0.25, 0.3) is 0 Å². The van der Waals surface area contributed by atoms with Crippen molar-refractivity contribution in [2.24, 2.45) is 5.92 Å². The number of hydrogen-bond donors (Lipinski definition) is 1. The summed E-state index contributed by atoms with van der Waals surface area (Å²) >= 11 is 6.97. The molecule has 0 aromatic heterocycles. The minimum atomic E-state index is 0.0349. The number of hydrogen-bond acceptors (Lipinski definition) is 1. The van der Waals surface area contributed by atoms with Gasteiger partial charge in [-0.2, -0.15) is 0 Å². The second kappa shape index (κ2) is 4.83. The van der Waals surface area contributed by atoms with Gasteiger partial charge in [-0.15, -0.1) is 0 Å². The van der Waals surface area contributed by atoms with Crippen molar-refractivity contribution in [2.45, 2.75) is 36.6 Å². The van der Waals surface area contributed by atoms with Gasteiger partial charge in [0.2, 0.25) is 0 Å². The van der Waals surface area contributed by atoms with E-state index in [4.69, 9.17) is 5.11 Å². The zero-order valence-electron chi connectivity index (χ0n) is 6.47. The maximum Gasteiger partial charge on any atom is 0.0573 e. The lowest BCUT2D eigenvalue weighted by atomic mass is 10.1. The molecule has 0 aromatic carbocycles. The van der Waals surface area contributed by atoms with Crippen LogP contribution in [0.4, 0.5) is 0 Å². The molecule has 1 nitrogen and oxygen atoms in total. The number of aliphatic hydroxyl groups excluding tert-OH is 1. The van der Waals surface area contributed by atoms with E-state index in [1.807, 2.05) is 0 Å². The summed E-state index contributed by atoms with van der Waals surface area (Å²) in [7, 11) is 0. The molecule has 11 heavy (non-hydrogen) atoms. The standard InChI is InChI=1S/C8H14Br2O/c9-5-7(10)3-1-2-6-4-8(6)11/h6-8,11H,1-5H2/t6-,7-,8-/m1/s1. The summed E-state index contributed by atoms with van der Waals surface area (Å²) < 4.78 is 0. The van der Waals surface area contributed by atoms with Crippen LogP contribution in [0.2, 0.25) is 0 Å². The van der Waals surface area contributed by atoms with Crippen molar-refractivity contribution in [2.75, 3.05) is 5.33 Å². The van der Waals surface area contributed by atoms with Crippen molar-refractivity contribution in [3.8, 4) is 0 Å². The van der Waals surface area contributed by atoms with E-state index < -0.39 is 0 Å². The molecule has 1 fully saturated rings. The minimum absolute atomic E-state index is 0.0349. The highest BCUT2D eigenvalue weighted by Crippen LogP contribution is 2.35. The van der Waals surface area contributed by atoms with Crippen LogP contribution in [0.3, 0.4) is 0 Å². The summed E-state index contributed by atoms with van der Waals surface area (Å²) in [6.45, 7) is 0. The summed E-state index contributed by atoms with van der Waals surface area (Å²) in [5.74, 6) is 0.630. The Morgan fingerprint density at radius 1 is 1.55 bits per heavy atom. The second-order valence-electron chi connectivity index (χ2n) is 3.25. The van der Waals surface area contributed by atoms with Crippen LogP contribution in [0.1, 0.15) is 25.7 Å². The van der Waals surface area contributed by atoms with E-state index >= 15 is 0 Å². The molecule has 0 aliphatic heterocycles. The third-order valence-corrected chi connectivity index (χ3v) is 4.58. The van der Waals surface area contributed by atoms with Crippen LogP contribution in [0, 0.1) is 5.92 Å². The lowest BCUT2D eigenvalue weighted by Gasteiger charge is -2.03. The van der Waals surface area contributed by atoms with Gasteiger partial charge >= 0.3 is 0 Å². The van der Waals surface area contributed by atoms with E-state index in [1.54, 1.807) is 0 Å². The monoisotopic (exact) mass is 284 g/mol. The number of rotatable bonds is 5. The van der Waals surface area contributed by atoms with Gasteiger partial charge in [0.1, 0.15) is 0 Å². The predicted octanol–water partition coefficient (Wildman–Crippen LogP) is 2.70. The zero-order valence-corrected chi connectivity index (χ0v) is 9.64. The Kier molecular flexibility index (Phi) is 4.39. The Hall–Kier alpha value is 0.920. The first kappa shape index (κ1) is 10.0. The van der Waals surface area contributed by atoms with Crippen molar-refractivity contribution in [1.82, 2.24) is 0 Å². The first-order chi connectivity index (χ1) is 5.24. The molecular formula is C8H14Br2O. The van der Waals surface area contributed by atoms with Crippen LogP contribution in [-0.2, 0) is 0 Å². The van der Waals surface area contributed by atoms with E-state index in [1.165, 1.54) is 19.3 Å². The first-order valence-corrected chi connectivity index (χ1v) is 6.16. The maximum atomic E-state index is 9.03. The van der Waals surface area contributed by atoms with Crippen LogP contribution in [-0.4, -0.2) is 21.4 Å². The quantitative estimate of drug-likeness (QED) is 0.770. The highest BCUT2D eigenvalue weighted by molar-refractivity contribution is 9.12. The molecule has 1 aliphatic carbocycles. The maximum absolute atomic E-state index is 9.03. The molecule has 0 bridgehead atoms. The van der Waals surface area contributed by atoms with Gasteiger partial charge in [-0.05, 0) is 25.2 Å². The number of halogens is 2. The molecule has 0 aromatic rings. The van der Waals surface area contributed by atoms with Crippen LogP contribution < -0.4 is 0 Å². The van der Waals surface area contributed by atoms with E-state index in [0.717, 1.165) is 11.8 Å². The van der Waals surface area contributed by atoms with Gasteiger partial charge in [-0.25, -0.2) is 0 Å². The van der Waals surface area contributed by atoms with Crippen LogP contribution in [0.5, 0.6) is 0 Å². The summed E-state index contributed by atoms with van der Waals surface area (Å²) in [5.41, 5.74) is 0. The Morgan fingerprint density at radius 2 is 2.18 bits per heavy atom. The Balaban J connectivity index is 1.88. The molecule has 1 saturated carbocycles. The molecule has 0 saturated heterocycles. The van der Waals surface area contributed by atoms with Crippen molar-refractivity contribution in [3.63, 3.8) is 0 Å². The molecule has 66 valence electrons. The van der Waals surface area contributed by atoms with Gasteiger partial charge in [0, 0.05) is 10.2 Å². The zero-order chi connectivity index (χ0) is 8.27. The fourth-order valence-corrected chi connectivity index (χ4v) is 1.87. The van der Waals surface area contributed by atoms with Crippen molar-refractivity contribution >= 4 is 31.9 Å². The van der Waals surface area contributed by atoms with Crippen LogP contribution in [0.25, 0.3) is 0 Å². The van der Waals surface area contributed by atoms with Gasteiger partial charge < -0.3 is 5.11 Å². The SMILES string of the molecule is O[C@@H]1C[C@H]1CCC[C@@H](Br)CBr. The van der Waals surface area contributed by atoms with E-state index in [0.29, 0.717) is 10.7 Å². The van der Waals surface area contributed by atoms with Crippen molar-refractivity contribution in [3.05, 3.63) is 0 Å². The van der Waals surface area contributed by atoms with Crippen LogP contribution in [0.15, 0.2) is 0 Å². The van der Waals surface area contributed by atoms with E-state index in [9.17, 15) is 0 Å². The molecule has 0 spiro atoms. The molecule has 3 atom stereocenters. The van der Waals surface area contributed by atoms with Crippen molar-refractivity contribution < 1.29 is 5.11 Å². The molecule has 0 radical (unpaired) electrons. The topological polar surface area (TPSA) is 20.2 Å². The first-order valence-electron chi connectivity index (χ1n) is 4.12. The van der Waals surface area contributed by atoms with Gasteiger partial charge in [-0.3, -0.25) is 0 Å². The lowest BCUT2D eigenvalue weighted by Crippen LogP contribution is -1.98. The molecule has 1 rings (SSSR count). The van der Waals surface area contributed by atoms with E-state index in [2.05, 4.69) is 31.9 Å².